The maximum absolute atomic E-state index is 11.7. The molecule has 0 unspecified atom stereocenters. The first-order chi connectivity index (χ1) is 7.22. The van der Waals surface area contributed by atoms with Gasteiger partial charge < -0.3 is 10.6 Å². The van der Waals surface area contributed by atoms with Gasteiger partial charge in [-0.3, -0.25) is 4.79 Å². The van der Waals surface area contributed by atoms with Crippen molar-refractivity contribution >= 4 is 27.5 Å². The number of rotatable bonds is 3. The molecule has 0 fully saturated rings. The second kappa shape index (κ2) is 4.33. The summed E-state index contributed by atoms with van der Waals surface area (Å²) in [4.78, 5) is 13.5. The Morgan fingerprint density at radius 1 is 1.47 bits per heavy atom. The van der Waals surface area contributed by atoms with E-state index in [0.29, 0.717) is 13.0 Å². The van der Waals surface area contributed by atoms with E-state index in [4.69, 9.17) is 5.73 Å². The molecule has 1 heterocycles. The molecule has 0 aliphatic carbocycles. The molecule has 2 rings (SSSR count). The Balaban J connectivity index is 2.27. The van der Waals surface area contributed by atoms with E-state index < -0.39 is 0 Å². The number of hydrogen-bond acceptors (Lipinski definition) is 2. The maximum atomic E-state index is 11.7. The largest absolute Gasteiger partial charge is 0.330 e. The van der Waals surface area contributed by atoms with E-state index in [1.54, 1.807) is 0 Å². The van der Waals surface area contributed by atoms with Crippen LogP contribution in [0.15, 0.2) is 22.7 Å². The van der Waals surface area contributed by atoms with Crippen molar-refractivity contribution in [3.05, 3.63) is 28.2 Å². The van der Waals surface area contributed by atoms with E-state index in [9.17, 15) is 4.79 Å². The van der Waals surface area contributed by atoms with E-state index in [1.807, 2.05) is 23.1 Å². The zero-order chi connectivity index (χ0) is 10.8. The molecule has 15 heavy (non-hydrogen) atoms. The molecule has 0 bridgehead atoms. The Bertz CT molecular complexity index is 392. The topological polar surface area (TPSA) is 46.3 Å². The van der Waals surface area contributed by atoms with Crippen molar-refractivity contribution in [1.29, 1.82) is 0 Å². The van der Waals surface area contributed by atoms with Crippen LogP contribution in [0.4, 0.5) is 5.69 Å². The third kappa shape index (κ3) is 2.06. The van der Waals surface area contributed by atoms with Gasteiger partial charge in [0.05, 0.1) is 6.42 Å². The van der Waals surface area contributed by atoms with Crippen molar-refractivity contribution in [3.8, 4) is 0 Å². The summed E-state index contributed by atoms with van der Waals surface area (Å²) >= 11 is 3.42. The molecule has 80 valence electrons. The van der Waals surface area contributed by atoms with Gasteiger partial charge in [-0.05, 0) is 30.7 Å². The number of carbonyl (C=O) groups excluding carboxylic acids is 1. The number of fused-ring (bicyclic) bond motifs is 1. The summed E-state index contributed by atoms with van der Waals surface area (Å²) < 4.78 is 1.01. The van der Waals surface area contributed by atoms with Gasteiger partial charge in [0.15, 0.2) is 0 Å². The Morgan fingerprint density at radius 2 is 2.27 bits per heavy atom. The summed E-state index contributed by atoms with van der Waals surface area (Å²) in [5, 5.41) is 0. The lowest BCUT2D eigenvalue weighted by Crippen LogP contribution is -2.29. The van der Waals surface area contributed by atoms with Gasteiger partial charge in [0, 0.05) is 16.7 Å². The summed E-state index contributed by atoms with van der Waals surface area (Å²) in [6, 6.07) is 5.97. The summed E-state index contributed by atoms with van der Waals surface area (Å²) in [5.74, 6) is 0.177. The fourth-order valence-corrected chi connectivity index (χ4v) is 2.17. The van der Waals surface area contributed by atoms with Gasteiger partial charge in [-0.2, -0.15) is 0 Å². The smallest absolute Gasteiger partial charge is 0.231 e. The third-order valence-corrected chi connectivity index (χ3v) is 3.06. The molecule has 1 amide bonds. The van der Waals surface area contributed by atoms with Crippen LogP contribution in [0.1, 0.15) is 12.0 Å². The van der Waals surface area contributed by atoms with Crippen LogP contribution in [0.25, 0.3) is 0 Å². The molecule has 1 aromatic rings. The molecular weight excluding hydrogens is 256 g/mol. The lowest BCUT2D eigenvalue weighted by molar-refractivity contribution is -0.117. The highest BCUT2D eigenvalue weighted by atomic mass is 79.9. The van der Waals surface area contributed by atoms with Gasteiger partial charge in [0.1, 0.15) is 0 Å². The Morgan fingerprint density at radius 3 is 3.00 bits per heavy atom. The quantitative estimate of drug-likeness (QED) is 0.907. The number of nitrogens with zero attached hydrogens (tertiary/aromatic N) is 1. The zero-order valence-corrected chi connectivity index (χ0v) is 9.96. The SMILES string of the molecule is NCCCN1C(=O)Cc2ccc(Br)cc21. The van der Waals surface area contributed by atoms with Gasteiger partial charge in [-0.25, -0.2) is 0 Å². The highest BCUT2D eigenvalue weighted by Gasteiger charge is 2.26. The number of halogens is 1. The number of benzene rings is 1. The minimum atomic E-state index is 0.177. The molecule has 1 aliphatic heterocycles. The number of hydrogen-bond donors (Lipinski definition) is 1. The first-order valence-electron chi connectivity index (χ1n) is 5.01. The van der Waals surface area contributed by atoms with Gasteiger partial charge in [-0.1, -0.05) is 22.0 Å². The number of anilines is 1. The molecule has 1 aromatic carbocycles. The third-order valence-electron chi connectivity index (χ3n) is 2.57. The lowest BCUT2D eigenvalue weighted by Gasteiger charge is -2.16. The van der Waals surface area contributed by atoms with Crippen LogP contribution in [0.5, 0.6) is 0 Å². The number of carbonyl (C=O) groups is 1. The molecule has 0 atom stereocenters. The zero-order valence-electron chi connectivity index (χ0n) is 8.37. The minimum absolute atomic E-state index is 0.177. The molecule has 0 radical (unpaired) electrons. The maximum Gasteiger partial charge on any atom is 0.231 e. The highest BCUT2D eigenvalue weighted by molar-refractivity contribution is 9.10. The minimum Gasteiger partial charge on any atom is -0.330 e. The average molecular weight is 269 g/mol. The Hall–Kier alpha value is -0.870. The second-order valence-electron chi connectivity index (χ2n) is 3.64. The van der Waals surface area contributed by atoms with Crippen LogP contribution in [-0.2, 0) is 11.2 Å². The lowest BCUT2D eigenvalue weighted by atomic mass is 10.2. The van der Waals surface area contributed by atoms with Crippen LogP contribution < -0.4 is 10.6 Å². The van der Waals surface area contributed by atoms with Crippen LogP contribution in [0.3, 0.4) is 0 Å². The van der Waals surface area contributed by atoms with Gasteiger partial charge in [-0.15, -0.1) is 0 Å². The molecule has 0 saturated heterocycles. The summed E-state index contributed by atoms with van der Waals surface area (Å²) in [6.07, 6.45) is 1.37. The van der Waals surface area contributed by atoms with Gasteiger partial charge >= 0.3 is 0 Å². The van der Waals surface area contributed by atoms with E-state index in [0.717, 1.165) is 28.7 Å². The van der Waals surface area contributed by atoms with Gasteiger partial charge in [0.25, 0.3) is 0 Å². The van der Waals surface area contributed by atoms with E-state index >= 15 is 0 Å². The number of nitrogens with two attached hydrogens (primary N) is 1. The molecule has 0 spiro atoms. The first kappa shape index (κ1) is 10.6. The number of amides is 1. The van der Waals surface area contributed by atoms with E-state index in [1.165, 1.54) is 0 Å². The Kier molecular flexibility index (Phi) is 3.07. The summed E-state index contributed by atoms with van der Waals surface area (Å²) in [5.41, 5.74) is 7.60. The van der Waals surface area contributed by atoms with Crippen molar-refractivity contribution in [2.24, 2.45) is 5.73 Å². The van der Waals surface area contributed by atoms with Crippen LogP contribution in [0.2, 0.25) is 0 Å². The van der Waals surface area contributed by atoms with Crippen molar-refractivity contribution in [1.82, 2.24) is 0 Å². The van der Waals surface area contributed by atoms with Crippen molar-refractivity contribution in [2.45, 2.75) is 12.8 Å². The fraction of sp³-hybridized carbons (Fsp3) is 0.364. The van der Waals surface area contributed by atoms with Crippen molar-refractivity contribution in [3.63, 3.8) is 0 Å². The first-order valence-corrected chi connectivity index (χ1v) is 5.80. The normalized spacial score (nSPS) is 14.5. The fourth-order valence-electron chi connectivity index (χ4n) is 1.83. The Labute approximate surface area is 97.4 Å². The van der Waals surface area contributed by atoms with Crippen molar-refractivity contribution in [2.75, 3.05) is 18.0 Å². The molecule has 0 aromatic heterocycles. The summed E-state index contributed by atoms with van der Waals surface area (Å²) in [7, 11) is 0. The predicted octanol–water partition coefficient (Wildman–Crippen LogP) is 1.69. The molecule has 1 aliphatic rings. The predicted molar refractivity (Wildman–Crippen MR) is 63.9 cm³/mol. The van der Waals surface area contributed by atoms with Crippen molar-refractivity contribution < 1.29 is 4.79 Å². The molecule has 3 nitrogen and oxygen atoms in total. The van der Waals surface area contributed by atoms with E-state index in [2.05, 4.69) is 15.9 Å². The standard InChI is InChI=1S/C11H13BrN2O/c12-9-3-2-8-6-11(15)14(5-1-4-13)10(8)7-9/h2-3,7H,1,4-6,13H2. The molecule has 4 heteroatoms. The van der Waals surface area contributed by atoms with E-state index in [-0.39, 0.29) is 5.91 Å². The molecular formula is C11H13BrN2O. The average Bonchev–Trinajstić information content (AvgIpc) is 2.51. The van der Waals surface area contributed by atoms with Crippen LogP contribution >= 0.6 is 15.9 Å². The second-order valence-corrected chi connectivity index (χ2v) is 4.55. The molecule has 2 N–H and O–H groups in total. The van der Waals surface area contributed by atoms with Gasteiger partial charge in [0.2, 0.25) is 5.91 Å². The van der Waals surface area contributed by atoms with Crippen LogP contribution in [0, 0.1) is 0 Å². The summed E-state index contributed by atoms with van der Waals surface area (Å²) in [6.45, 7) is 1.34. The highest BCUT2D eigenvalue weighted by Crippen LogP contribution is 2.31. The monoisotopic (exact) mass is 268 g/mol. The van der Waals surface area contributed by atoms with Crippen LogP contribution in [-0.4, -0.2) is 19.0 Å². The molecule has 0 saturated carbocycles.